The Morgan fingerprint density at radius 3 is 3.00 bits per heavy atom. The summed E-state index contributed by atoms with van der Waals surface area (Å²) in [7, 11) is 0. The van der Waals surface area contributed by atoms with Crippen molar-refractivity contribution in [3.05, 3.63) is 39.8 Å². The zero-order valence-corrected chi connectivity index (χ0v) is 12.3. The van der Waals surface area contributed by atoms with Gasteiger partial charge >= 0.3 is 6.03 Å². The molecule has 1 fully saturated rings. The molecule has 1 aliphatic heterocycles. The standard InChI is InChI=1S/C13H15N5O2S/c1-9-5-14-12(21-9)16-13(20)17-6-10(7-17)8-18-11(19)3-2-4-15-18/h2-5,10H,6-8H2,1H3,(H,14,16,20). The third kappa shape index (κ3) is 3.10. The molecule has 1 N–H and O–H groups in total. The van der Waals surface area contributed by atoms with Crippen LogP contribution in [0.3, 0.4) is 0 Å². The summed E-state index contributed by atoms with van der Waals surface area (Å²) >= 11 is 1.45. The molecule has 3 rings (SSSR count). The van der Waals surface area contributed by atoms with Crippen LogP contribution in [0.25, 0.3) is 0 Å². The number of anilines is 1. The number of nitrogens with one attached hydrogen (secondary N) is 1. The van der Waals surface area contributed by atoms with Crippen molar-refractivity contribution in [1.29, 1.82) is 0 Å². The fourth-order valence-corrected chi connectivity index (χ4v) is 2.86. The van der Waals surface area contributed by atoms with Gasteiger partial charge < -0.3 is 4.90 Å². The second-order valence-corrected chi connectivity index (χ2v) is 6.26. The monoisotopic (exact) mass is 305 g/mol. The lowest BCUT2D eigenvalue weighted by molar-refractivity contribution is 0.116. The van der Waals surface area contributed by atoms with E-state index in [2.05, 4.69) is 15.4 Å². The van der Waals surface area contributed by atoms with Crippen molar-refractivity contribution in [3.63, 3.8) is 0 Å². The highest BCUT2D eigenvalue weighted by Crippen LogP contribution is 2.21. The van der Waals surface area contributed by atoms with Crippen LogP contribution in [0.5, 0.6) is 0 Å². The summed E-state index contributed by atoms with van der Waals surface area (Å²) in [6.45, 7) is 3.73. The first-order chi connectivity index (χ1) is 10.1. The lowest BCUT2D eigenvalue weighted by Gasteiger charge is -2.38. The van der Waals surface area contributed by atoms with E-state index in [1.807, 2.05) is 6.92 Å². The SMILES string of the molecule is Cc1cnc(NC(=O)N2CC(Cn3ncccc3=O)C2)s1. The predicted octanol–water partition coefficient (Wildman–Crippen LogP) is 1.17. The van der Waals surface area contributed by atoms with E-state index in [9.17, 15) is 9.59 Å². The summed E-state index contributed by atoms with van der Waals surface area (Å²) in [4.78, 5) is 30.4. The number of amides is 2. The number of urea groups is 1. The molecule has 2 aromatic rings. The molecule has 110 valence electrons. The Bertz CT molecular complexity index is 704. The molecule has 0 radical (unpaired) electrons. The summed E-state index contributed by atoms with van der Waals surface area (Å²) in [5, 5.41) is 7.40. The molecular formula is C13H15N5O2S. The van der Waals surface area contributed by atoms with Crippen LogP contribution in [0, 0.1) is 12.8 Å². The third-order valence-corrected chi connectivity index (χ3v) is 4.12. The van der Waals surface area contributed by atoms with Crippen molar-refractivity contribution in [2.24, 2.45) is 5.92 Å². The van der Waals surface area contributed by atoms with Crippen molar-refractivity contribution >= 4 is 22.5 Å². The second-order valence-electron chi connectivity index (χ2n) is 5.02. The van der Waals surface area contributed by atoms with E-state index in [-0.39, 0.29) is 17.5 Å². The van der Waals surface area contributed by atoms with Gasteiger partial charge in [0.15, 0.2) is 5.13 Å². The number of carbonyl (C=O) groups is 1. The van der Waals surface area contributed by atoms with Crippen molar-refractivity contribution in [1.82, 2.24) is 19.7 Å². The molecule has 7 nitrogen and oxygen atoms in total. The Labute approximate surface area is 125 Å². The van der Waals surface area contributed by atoms with Crippen molar-refractivity contribution in [3.8, 4) is 0 Å². The molecule has 0 bridgehead atoms. The maximum atomic E-state index is 12.0. The van der Waals surface area contributed by atoms with Crippen LogP contribution in [-0.2, 0) is 6.54 Å². The lowest BCUT2D eigenvalue weighted by atomic mass is 10.0. The van der Waals surface area contributed by atoms with Crippen LogP contribution >= 0.6 is 11.3 Å². The molecular weight excluding hydrogens is 290 g/mol. The van der Waals surface area contributed by atoms with E-state index in [0.29, 0.717) is 24.8 Å². The number of carbonyl (C=O) groups excluding carboxylic acids is 1. The first-order valence-electron chi connectivity index (χ1n) is 6.62. The lowest BCUT2D eigenvalue weighted by Crippen LogP contribution is -2.53. The van der Waals surface area contributed by atoms with Crippen LogP contribution in [0.1, 0.15) is 4.88 Å². The molecule has 1 aliphatic rings. The molecule has 0 saturated carbocycles. The molecule has 1 saturated heterocycles. The summed E-state index contributed by atoms with van der Waals surface area (Å²) in [6, 6.07) is 2.96. The summed E-state index contributed by atoms with van der Waals surface area (Å²) in [6.07, 6.45) is 3.32. The molecule has 3 heterocycles. The summed E-state index contributed by atoms with van der Waals surface area (Å²) < 4.78 is 1.43. The average molecular weight is 305 g/mol. The van der Waals surface area contributed by atoms with Gasteiger partial charge in [-0.2, -0.15) is 5.10 Å². The molecule has 2 amide bonds. The van der Waals surface area contributed by atoms with Gasteiger partial charge in [0.2, 0.25) is 0 Å². The second kappa shape index (κ2) is 5.65. The van der Waals surface area contributed by atoms with Crippen molar-refractivity contribution < 1.29 is 4.79 Å². The quantitative estimate of drug-likeness (QED) is 0.923. The zero-order chi connectivity index (χ0) is 14.8. The molecule has 0 atom stereocenters. The number of thiazole rings is 1. The van der Waals surface area contributed by atoms with Gasteiger partial charge in [-0.1, -0.05) is 0 Å². The Balaban J connectivity index is 1.50. The van der Waals surface area contributed by atoms with Crippen LogP contribution in [0.15, 0.2) is 29.3 Å². The molecule has 0 aromatic carbocycles. The predicted molar refractivity (Wildman–Crippen MR) is 79.4 cm³/mol. The van der Waals surface area contributed by atoms with Crippen LogP contribution < -0.4 is 10.9 Å². The van der Waals surface area contributed by atoms with Crippen LogP contribution in [0.4, 0.5) is 9.93 Å². The topological polar surface area (TPSA) is 80.1 Å². The summed E-state index contributed by atoms with van der Waals surface area (Å²) in [5.41, 5.74) is -0.112. The zero-order valence-electron chi connectivity index (χ0n) is 11.5. The number of likely N-dealkylation sites (tertiary alicyclic amines) is 1. The minimum Gasteiger partial charge on any atom is -0.324 e. The Morgan fingerprint density at radius 1 is 1.52 bits per heavy atom. The largest absolute Gasteiger partial charge is 0.324 e. The maximum Gasteiger partial charge on any atom is 0.323 e. The highest BCUT2D eigenvalue weighted by molar-refractivity contribution is 7.15. The molecule has 8 heteroatoms. The molecule has 0 aliphatic carbocycles. The fraction of sp³-hybridized carbons (Fsp3) is 0.385. The molecule has 0 spiro atoms. The van der Waals surface area contributed by atoms with Gasteiger partial charge in [0, 0.05) is 42.3 Å². The maximum absolute atomic E-state index is 12.0. The minimum atomic E-state index is -0.144. The third-order valence-electron chi connectivity index (χ3n) is 3.30. The number of aryl methyl sites for hydroxylation is 1. The van der Waals surface area contributed by atoms with Gasteiger partial charge in [-0.05, 0) is 13.0 Å². The van der Waals surface area contributed by atoms with Crippen LogP contribution in [-0.4, -0.2) is 38.8 Å². The van der Waals surface area contributed by atoms with E-state index < -0.39 is 0 Å². The highest BCUT2D eigenvalue weighted by Gasteiger charge is 2.31. The van der Waals surface area contributed by atoms with E-state index in [1.165, 1.54) is 22.1 Å². The first kappa shape index (κ1) is 13.7. The molecule has 0 unspecified atom stereocenters. The van der Waals surface area contributed by atoms with E-state index in [1.54, 1.807) is 23.4 Å². The Hall–Kier alpha value is -2.22. The number of hydrogen-bond acceptors (Lipinski definition) is 5. The van der Waals surface area contributed by atoms with Gasteiger partial charge in [0.05, 0.1) is 6.54 Å². The summed E-state index contributed by atoms with van der Waals surface area (Å²) in [5.74, 6) is 0.265. The smallest absolute Gasteiger partial charge is 0.323 e. The normalized spacial score (nSPS) is 14.8. The van der Waals surface area contributed by atoms with E-state index in [4.69, 9.17) is 0 Å². The minimum absolute atomic E-state index is 0.112. The van der Waals surface area contributed by atoms with Gasteiger partial charge in [-0.15, -0.1) is 11.3 Å². The Morgan fingerprint density at radius 2 is 2.33 bits per heavy atom. The Kier molecular flexibility index (Phi) is 3.70. The van der Waals surface area contributed by atoms with Crippen molar-refractivity contribution in [2.75, 3.05) is 18.4 Å². The van der Waals surface area contributed by atoms with Gasteiger partial charge in [0.1, 0.15) is 0 Å². The highest BCUT2D eigenvalue weighted by atomic mass is 32.1. The van der Waals surface area contributed by atoms with E-state index >= 15 is 0 Å². The number of aromatic nitrogens is 3. The average Bonchev–Trinajstić information content (AvgIpc) is 2.80. The first-order valence-corrected chi connectivity index (χ1v) is 7.44. The molecule has 21 heavy (non-hydrogen) atoms. The number of hydrogen-bond donors (Lipinski definition) is 1. The van der Waals surface area contributed by atoms with Gasteiger partial charge in [-0.3, -0.25) is 10.1 Å². The van der Waals surface area contributed by atoms with Crippen LogP contribution in [0.2, 0.25) is 0 Å². The number of nitrogens with zero attached hydrogens (tertiary/aromatic N) is 4. The molecule has 2 aromatic heterocycles. The fourth-order valence-electron chi connectivity index (χ4n) is 2.20. The van der Waals surface area contributed by atoms with Crippen molar-refractivity contribution in [2.45, 2.75) is 13.5 Å². The van der Waals surface area contributed by atoms with Gasteiger partial charge in [0.25, 0.3) is 5.56 Å². The van der Waals surface area contributed by atoms with Gasteiger partial charge in [-0.25, -0.2) is 14.5 Å². The van der Waals surface area contributed by atoms with E-state index in [0.717, 1.165) is 4.88 Å². The number of rotatable bonds is 3.